The van der Waals surface area contributed by atoms with E-state index >= 15 is 0 Å². The Kier molecular flexibility index (Phi) is 4.19. The third-order valence-corrected chi connectivity index (χ3v) is 3.08. The van der Waals surface area contributed by atoms with Crippen LogP contribution in [0.1, 0.15) is 40.5 Å². The molecular formula is C12H24N2O2. The van der Waals surface area contributed by atoms with Crippen molar-refractivity contribution in [2.75, 3.05) is 13.1 Å². The number of carbonyl (C=O) groups excluding carboxylic acids is 1. The number of ether oxygens (including phenoxy) is 1. The Morgan fingerprint density at radius 1 is 1.50 bits per heavy atom. The highest BCUT2D eigenvalue weighted by molar-refractivity contribution is 5.69. The van der Waals surface area contributed by atoms with E-state index in [1.807, 2.05) is 20.8 Å². The third-order valence-electron chi connectivity index (χ3n) is 3.08. The molecule has 0 radical (unpaired) electrons. The van der Waals surface area contributed by atoms with Crippen LogP contribution in [0.25, 0.3) is 0 Å². The molecule has 94 valence electrons. The van der Waals surface area contributed by atoms with Crippen molar-refractivity contribution in [3.8, 4) is 0 Å². The molecule has 16 heavy (non-hydrogen) atoms. The lowest BCUT2D eigenvalue weighted by Crippen LogP contribution is -2.44. The molecule has 1 heterocycles. The van der Waals surface area contributed by atoms with Crippen LogP contribution in [0.15, 0.2) is 0 Å². The van der Waals surface area contributed by atoms with Gasteiger partial charge in [0.05, 0.1) is 6.04 Å². The molecule has 1 rings (SSSR count). The van der Waals surface area contributed by atoms with Gasteiger partial charge in [0.15, 0.2) is 0 Å². The maximum Gasteiger partial charge on any atom is 0.410 e. The maximum absolute atomic E-state index is 11.9. The van der Waals surface area contributed by atoms with Crippen molar-refractivity contribution in [3.05, 3.63) is 0 Å². The molecule has 1 amide bonds. The first-order valence-corrected chi connectivity index (χ1v) is 6.08. The molecule has 2 N–H and O–H groups in total. The lowest BCUT2D eigenvalue weighted by atomic mass is 9.98. The van der Waals surface area contributed by atoms with Gasteiger partial charge in [0.1, 0.15) is 5.60 Å². The van der Waals surface area contributed by atoms with Gasteiger partial charge in [-0.25, -0.2) is 4.79 Å². The van der Waals surface area contributed by atoms with E-state index in [1.165, 1.54) is 0 Å². The standard InChI is InChI=1S/C12H24N2O2/c1-5-9-6-7-14(10(9)8-13)11(15)16-12(2,3)4/h9-10H,5-8,13H2,1-4H3. The summed E-state index contributed by atoms with van der Waals surface area (Å²) >= 11 is 0. The Morgan fingerprint density at radius 3 is 2.56 bits per heavy atom. The molecular weight excluding hydrogens is 204 g/mol. The second kappa shape index (κ2) is 5.04. The first-order chi connectivity index (χ1) is 7.39. The SMILES string of the molecule is CCC1CCN(C(=O)OC(C)(C)C)C1CN. The fraction of sp³-hybridized carbons (Fsp3) is 0.917. The summed E-state index contributed by atoms with van der Waals surface area (Å²) in [6.07, 6.45) is 1.89. The van der Waals surface area contributed by atoms with Crippen LogP contribution in [0, 0.1) is 5.92 Å². The normalized spacial score (nSPS) is 25.9. The smallest absolute Gasteiger partial charge is 0.410 e. The molecule has 1 fully saturated rings. The van der Waals surface area contributed by atoms with E-state index in [2.05, 4.69) is 6.92 Å². The first kappa shape index (κ1) is 13.3. The van der Waals surface area contributed by atoms with Crippen LogP contribution in [-0.2, 0) is 4.74 Å². The number of likely N-dealkylation sites (tertiary alicyclic amines) is 1. The van der Waals surface area contributed by atoms with E-state index in [0.717, 1.165) is 19.4 Å². The minimum absolute atomic E-state index is 0.153. The largest absolute Gasteiger partial charge is 0.444 e. The summed E-state index contributed by atoms with van der Waals surface area (Å²) in [4.78, 5) is 13.7. The van der Waals surface area contributed by atoms with Gasteiger partial charge in [-0.05, 0) is 33.1 Å². The van der Waals surface area contributed by atoms with Crippen LogP contribution in [0.2, 0.25) is 0 Å². The van der Waals surface area contributed by atoms with Gasteiger partial charge in [-0.3, -0.25) is 0 Å². The molecule has 1 aliphatic rings. The Labute approximate surface area is 98.1 Å². The third kappa shape index (κ3) is 3.11. The summed E-state index contributed by atoms with van der Waals surface area (Å²) in [6, 6.07) is 0.153. The Balaban J connectivity index is 2.63. The summed E-state index contributed by atoms with van der Waals surface area (Å²) < 4.78 is 5.38. The highest BCUT2D eigenvalue weighted by atomic mass is 16.6. The summed E-state index contributed by atoms with van der Waals surface area (Å²) in [5, 5.41) is 0. The van der Waals surface area contributed by atoms with Gasteiger partial charge in [-0.15, -0.1) is 0 Å². The molecule has 0 bridgehead atoms. The number of rotatable bonds is 2. The van der Waals surface area contributed by atoms with Gasteiger partial charge in [-0.1, -0.05) is 13.3 Å². The molecule has 0 aliphatic carbocycles. The summed E-state index contributed by atoms with van der Waals surface area (Å²) in [5.74, 6) is 0.525. The topological polar surface area (TPSA) is 55.6 Å². The van der Waals surface area contributed by atoms with Gasteiger partial charge < -0.3 is 15.4 Å². The predicted octanol–water partition coefficient (Wildman–Crippen LogP) is 1.98. The van der Waals surface area contributed by atoms with Gasteiger partial charge in [-0.2, -0.15) is 0 Å². The number of nitrogens with two attached hydrogens (primary N) is 1. The van der Waals surface area contributed by atoms with Crippen LogP contribution in [0.4, 0.5) is 4.79 Å². The monoisotopic (exact) mass is 228 g/mol. The molecule has 2 unspecified atom stereocenters. The fourth-order valence-electron chi connectivity index (χ4n) is 2.26. The lowest BCUT2D eigenvalue weighted by molar-refractivity contribution is 0.0214. The summed E-state index contributed by atoms with van der Waals surface area (Å²) in [6.45, 7) is 9.10. The second-order valence-electron chi connectivity index (χ2n) is 5.43. The van der Waals surface area contributed by atoms with E-state index in [-0.39, 0.29) is 12.1 Å². The van der Waals surface area contributed by atoms with E-state index in [9.17, 15) is 4.79 Å². The van der Waals surface area contributed by atoms with Crippen molar-refractivity contribution in [1.82, 2.24) is 4.90 Å². The van der Waals surface area contributed by atoms with Gasteiger partial charge in [0.25, 0.3) is 0 Å². The average Bonchev–Trinajstić information content (AvgIpc) is 2.57. The van der Waals surface area contributed by atoms with Crippen LogP contribution in [0.3, 0.4) is 0 Å². The van der Waals surface area contributed by atoms with Crippen molar-refractivity contribution in [2.45, 2.75) is 52.2 Å². The Morgan fingerprint density at radius 2 is 2.12 bits per heavy atom. The molecule has 4 heteroatoms. The van der Waals surface area contributed by atoms with Crippen LogP contribution < -0.4 is 5.73 Å². The van der Waals surface area contributed by atoms with Crippen molar-refractivity contribution in [2.24, 2.45) is 11.7 Å². The number of carbonyl (C=O) groups is 1. The molecule has 0 saturated carbocycles. The van der Waals surface area contributed by atoms with Crippen LogP contribution >= 0.6 is 0 Å². The first-order valence-electron chi connectivity index (χ1n) is 6.08. The zero-order chi connectivity index (χ0) is 12.3. The Hall–Kier alpha value is -0.770. The van der Waals surface area contributed by atoms with Crippen molar-refractivity contribution < 1.29 is 9.53 Å². The average molecular weight is 228 g/mol. The Bertz CT molecular complexity index is 248. The van der Waals surface area contributed by atoms with E-state index in [4.69, 9.17) is 10.5 Å². The van der Waals surface area contributed by atoms with Crippen LogP contribution in [-0.4, -0.2) is 35.7 Å². The van der Waals surface area contributed by atoms with Gasteiger partial charge in [0, 0.05) is 13.1 Å². The number of amides is 1. The van der Waals surface area contributed by atoms with Crippen molar-refractivity contribution in [3.63, 3.8) is 0 Å². The molecule has 0 aromatic rings. The molecule has 0 aromatic heterocycles. The lowest BCUT2D eigenvalue weighted by Gasteiger charge is -2.29. The molecule has 0 spiro atoms. The van der Waals surface area contributed by atoms with Gasteiger partial charge in [0.2, 0.25) is 0 Å². The molecule has 1 aliphatic heterocycles. The molecule has 0 aromatic carbocycles. The second-order valence-corrected chi connectivity index (χ2v) is 5.43. The predicted molar refractivity (Wildman–Crippen MR) is 64.2 cm³/mol. The molecule has 1 saturated heterocycles. The van der Waals surface area contributed by atoms with E-state index in [1.54, 1.807) is 4.90 Å². The van der Waals surface area contributed by atoms with Crippen molar-refractivity contribution >= 4 is 6.09 Å². The highest BCUT2D eigenvalue weighted by Crippen LogP contribution is 2.27. The summed E-state index contributed by atoms with van der Waals surface area (Å²) in [7, 11) is 0. The zero-order valence-corrected chi connectivity index (χ0v) is 10.8. The zero-order valence-electron chi connectivity index (χ0n) is 10.8. The quantitative estimate of drug-likeness (QED) is 0.786. The van der Waals surface area contributed by atoms with Gasteiger partial charge >= 0.3 is 6.09 Å². The van der Waals surface area contributed by atoms with E-state index in [0.29, 0.717) is 12.5 Å². The van der Waals surface area contributed by atoms with Crippen molar-refractivity contribution in [1.29, 1.82) is 0 Å². The highest BCUT2D eigenvalue weighted by Gasteiger charge is 2.37. The van der Waals surface area contributed by atoms with Crippen LogP contribution in [0.5, 0.6) is 0 Å². The number of hydrogen-bond donors (Lipinski definition) is 1. The fourth-order valence-corrected chi connectivity index (χ4v) is 2.26. The molecule has 2 atom stereocenters. The summed E-state index contributed by atoms with van der Waals surface area (Å²) in [5.41, 5.74) is 5.31. The number of nitrogens with zero attached hydrogens (tertiary/aromatic N) is 1. The maximum atomic E-state index is 11.9. The number of hydrogen-bond acceptors (Lipinski definition) is 3. The van der Waals surface area contributed by atoms with E-state index < -0.39 is 5.60 Å². The minimum Gasteiger partial charge on any atom is -0.444 e. The molecule has 4 nitrogen and oxygen atoms in total. The minimum atomic E-state index is -0.430.